The van der Waals surface area contributed by atoms with Crippen molar-refractivity contribution in [3.8, 4) is 5.75 Å². The first-order valence-corrected chi connectivity index (χ1v) is 11.5. The van der Waals surface area contributed by atoms with Crippen LogP contribution in [-0.4, -0.2) is 47.2 Å². The Morgan fingerprint density at radius 2 is 1.66 bits per heavy atom. The Bertz CT molecular complexity index is 1100. The quantitative estimate of drug-likeness (QED) is 0.634. The maximum atomic E-state index is 12.9. The molecule has 0 aromatic heterocycles. The zero-order chi connectivity index (χ0) is 21.8. The number of nitrogens with two attached hydrogens (primary N) is 1. The largest absolute Gasteiger partial charge is 0.496 e. The SMILES string of the molecule is CCN(CC(=O)Nc1ccc(S(N)(=O)=O)cc1)S(=O)(=O)c1ccc(OC)c(C)c1. The van der Waals surface area contributed by atoms with E-state index in [2.05, 4.69) is 5.32 Å². The summed E-state index contributed by atoms with van der Waals surface area (Å²) in [6.07, 6.45) is 0. The van der Waals surface area contributed by atoms with Gasteiger partial charge in [-0.25, -0.2) is 22.0 Å². The zero-order valence-corrected chi connectivity index (χ0v) is 17.9. The number of hydrogen-bond acceptors (Lipinski definition) is 6. The van der Waals surface area contributed by atoms with Gasteiger partial charge in [-0.1, -0.05) is 6.92 Å². The van der Waals surface area contributed by atoms with E-state index in [1.165, 1.54) is 43.5 Å². The van der Waals surface area contributed by atoms with Crippen LogP contribution in [0.3, 0.4) is 0 Å². The molecule has 0 atom stereocenters. The molecule has 0 aliphatic carbocycles. The molecule has 0 bridgehead atoms. The van der Waals surface area contributed by atoms with Crippen LogP contribution in [0.5, 0.6) is 5.75 Å². The van der Waals surface area contributed by atoms with E-state index in [-0.39, 0.29) is 16.3 Å². The molecule has 0 heterocycles. The molecule has 2 aromatic carbocycles. The van der Waals surface area contributed by atoms with Crippen molar-refractivity contribution in [3.05, 3.63) is 48.0 Å². The first-order chi connectivity index (χ1) is 13.5. The second-order valence-corrected chi connectivity index (χ2v) is 9.68. The average Bonchev–Trinajstić information content (AvgIpc) is 2.65. The first-order valence-electron chi connectivity index (χ1n) is 8.56. The summed E-state index contributed by atoms with van der Waals surface area (Å²) in [5.41, 5.74) is 0.972. The monoisotopic (exact) mass is 441 g/mol. The van der Waals surface area contributed by atoms with Gasteiger partial charge < -0.3 is 10.1 Å². The van der Waals surface area contributed by atoms with Crippen molar-refractivity contribution in [2.24, 2.45) is 5.14 Å². The fourth-order valence-corrected chi connectivity index (χ4v) is 4.62. The van der Waals surface area contributed by atoms with Crippen molar-refractivity contribution in [2.75, 3.05) is 25.5 Å². The minimum atomic E-state index is -3.89. The summed E-state index contributed by atoms with van der Waals surface area (Å²) < 4.78 is 54.5. The van der Waals surface area contributed by atoms with Gasteiger partial charge in [0.05, 0.1) is 23.4 Å². The van der Waals surface area contributed by atoms with Crippen molar-refractivity contribution in [2.45, 2.75) is 23.6 Å². The average molecular weight is 442 g/mol. The Hall–Kier alpha value is -2.47. The molecule has 3 N–H and O–H groups in total. The molecular weight excluding hydrogens is 418 g/mol. The maximum Gasteiger partial charge on any atom is 0.243 e. The minimum absolute atomic E-state index is 0.0583. The van der Waals surface area contributed by atoms with E-state index in [4.69, 9.17) is 9.88 Å². The second kappa shape index (κ2) is 8.91. The second-order valence-electron chi connectivity index (χ2n) is 6.18. The van der Waals surface area contributed by atoms with Crippen molar-refractivity contribution < 1.29 is 26.4 Å². The number of primary sulfonamides is 1. The van der Waals surface area contributed by atoms with Gasteiger partial charge in [0, 0.05) is 12.2 Å². The number of sulfonamides is 2. The molecule has 0 radical (unpaired) electrons. The zero-order valence-electron chi connectivity index (χ0n) is 16.2. The number of carbonyl (C=O) groups is 1. The lowest BCUT2D eigenvalue weighted by molar-refractivity contribution is -0.116. The van der Waals surface area contributed by atoms with Gasteiger partial charge in [-0.15, -0.1) is 0 Å². The Labute approximate surface area is 170 Å². The maximum absolute atomic E-state index is 12.9. The number of aryl methyl sites for hydroxylation is 1. The van der Waals surface area contributed by atoms with Crippen LogP contribution in [0.25, 0.3) is 0 Å². The molecule has 0 spiro atoms. The molecular formula is C18H23N3O6S2. The van der Waals surface area contributed by atoms with E-state index in [0.717, 1.165) is 4.31 Å². The minimum Gasteiger partial charge on any atom is -0.496 e. The molecule has 11 heteroatoms. The number of likely N-dealkylation sites (N-methyl/N-ethyl adjacent to an activating group) is 1. The Morgan fingerprint density at radius 3 is 2.14 bits per heavy atom. The highest BCUT2D eigenvalue weighted by Crippen LogP contribution is 2.23. The molecule has 29 heavy (non-hydrogen) atoms. The molecule has 2 aromatic rings. The molecule has 158 valence electrons. The van der Waals surface area contributed by atoms with Gasteiger partial charge in [0.15, 0.2) is 0 Å². The molecule has 1 amide bonds. The number of nitrogens with one attached hydrogen (secondary N) is 1. The van der Waals surface area contributed by atoms with E-state index >= 15 is 0 Å². The van der Waals surface area contributed by atoms with Gasteiger partial charge in [0.25, 0.3) is 0 Å². The summed E-state index contributed by atoms with van der Waals surface area (Å²) in [7, 11) is -6.24. The number of methoxy groups -OCH3 is 1. The molecule has 0 aliphatic rings. The molecule has 0 saturated carbocycles. The van der Waals surface area contributed by atoms with Gasteiger partial charge in [-0.3, -0.25) is 4.79 Å². The highest BCUT2D eigenvalue weighted by Gasteiger charge is 2.26. The van der Waals surface area contributed by atoms with Gasteiger partial charge >= 0.3 is 0 Å². The van der Waals surface area contributed by atoms with Crippen LogP contribution in [0.15, 0.2) is 52.3 Å². The van der Waals surface area contributed by atoms with E-state index in [1.807, 2.05) is 0 Å². The van der Waals surface area contributed by atoms with E-state index in [0.29, 0.717) is 17.0 Å². The number of ether oxygens (including phenoxy) is 1. The fourth-order valence-electron chi connectivity index (χ4n) is 2.62. The van der Waals surface area contributed by atoms with Crippen molar-refractivity contribution in [1.29, 1.82) is 0 Å². The summed E-state index contributed by atoms with van der Waals surface area (Å²) in [6, 6.07) is 9.71. The lowest BCUT2D eigenvalue weighted by atomic mass is 10.2. The van der Waals surface area contributed by atoms with Crippen LogP contribution in [0, 0.1) is 6.92 Å². The molecule has 0 fully saturated rings. The lowest BCUT2D eigenvalue weighted by Gasteiger charge is -2.20. The third-order valence-corrected chi connectivity index (χ3v) is 6.99. The predicted octanol–water partition coefficient (Wildman–Crippen LogP) is 1.30. The van der Waals surface area contributed by atoms with Crippen LogP contribution >= 0.6 is 0 Å². The normalized spacial score (nSPS) is 12.0. The highest BCUT2D eigenvalue weighted by molar-refractivity contribution is 7.89. The first kappa shape index (κ1) is 22.8. The van der Waals surface area contributed by atoms with E-state index in [1.54, 1.807) is 19.9 Å². The number of nitrogens with zero attached hydrogens (tertiary/aromatic N) is 1. The number of amides is 1. The summed E-state index contributed by atoms with van der Waals surface area (Å²) >= 11 is 0. The van der Waals surface area contributed by atoms with Crippen LogP contribution in [0.4, 0.5) is 5.69 Å². The summed E-state index contributed by atoms with van der Waals surface area (Å²) in [5, 5.41) is 7.57. The Morgan fingerprint density at radius 1 is 1.07 bits per heavy atom. The van der Waals surface area contributed by atoms with Crippen LogP contribution < -0.4 is 15.2 Å². The van der Waals surface area contributed by atoms with Crippen LogP contribution in [0.2, 0.25) is 0 Å². The van der Waals surface area contributed by atoms with Gasteiger partial charge in [0.2, 0.25) is 26.0 Å². The van der Waals surface area contributed by atoms with Crippen molar-refractivity contribution in [1.82, 2.24) is 4.31 Å². The standard InChI is InChI=1S/C18H23N3O6S2/c1-4-21(29(25,26)16-9-10-17(27-3)13(2)11-16)12-18(22)20-14-5-7-15(8-6-14)28(19,23)24/h5-11H,4,12H2,1-3H3,(H,20,22)(H2,19,23,24). The topological polar surface area (TPSA) is 136 Å². The van der Waals surface area contributed by atoms with Crippen molar-refractivity contribution in [3.63, 3.8) is 0 Å². The number of rotatable bonds is 8. The number of anilines is 1. The molecule has 9 nitrogen and oxygen atoms in total. The summed E-state index contributed by atoms with van der Waals surface area (Å²) in [5.74, 6) is -0.00306. The van der Waals surface area contributed by atoms with Gasteiger partial charge in [-0.2, -0.15) is 4.31 Å². The Balaban J connectivity index is 2.15. The number of benzene rings is 2. The third kappa shape index (κ3) is 5.54. The predicted molar refractivity (Wildman–Crippen MR) is 109 cm³/mol. The fraction of sp³-hybridized carbons (Fsp3) is 0.278. The summed E-state index contributed by atoms with van der Waals surface area (Å²) in [4.78, 5) is 12.3. The molecule has 0 unspecified atom stereocenters. The third-order valence-electron chi connectivity index (χ3n) is 4.14. The van der Waals surface area contributed by atoms with Crippen molar-refractivity contribution >= 4 is 31.6 Å². The smallest absolute Gasteiger partial charge is 0.243 e. The van der Waals surface area contributed by atoms with E-state index in [9.17, 15) is 21.6 Å². The number of hydrogen-bond donors (Lipinski definition) is 2. The van der Waals surface area contributed by atoms with Gasteiger partial charge in [0.1, 0.15) is 5.75 Å². The number of carbonyl (C=O) groups excluding carboxylic acids is 1. The Kier molecular flexibility index (Phi) is 7.01. The highest BCUT2D eigenvalue weighted by atomic mass is 32.2. The lowest BCUT2D eigenvalue weighted by Crippen LogP contribution is -2.37. The molecule has 0 aliphatic heterocycles. The van der Waals surface area contributed by atoms with Gasteiger partial charge in [-0.05, 0) is 55.0 Å². The molecule has 2 rings (SSSR count). The van der Waals surface area contributed by atoms with Crippen LogP contribution in [0.1, 0.15) is 12.5 Å². The van der Waals surface area contributed by atoms with Crippen LogP contribution in [-0.2, 0) is 24.8 Å². The van der Waals surface area contributed by atoms with E-state index < -0.39 is 32.5 Å². The molecule has 0 saturated heterocycles. The summed E-state index contributed by atoms with van der Waals surface area (Å²) in [6.45, 7) is 3.04.